The summed E-state index contributed by atoms with van der Waals surface area (Å²) in [4.78, 5) is 13.1. The molecule has 1 rings (SSSR count). The fraction of sp³-hybridized carbons (Fsp3) is 0.917. The van der Waals surface area contributed by atoms with Crippen LogP contribution in [0.3, 0.4) is 0 Å². The van der Waals surface area contributed by atoms with Gasteiger partial charge < -0.3 is 10.2 Å². The van der Waals surface area contributed by atoms with E-state index in [1.54, 1.807) is 0 Å². The Labute approximate surface area is 93.2 Å². The molecule has 0 spiro atoms. The van der Waals surface area contributed by atoms with Gasteiger partial charge in [-0.25, -0.2) is 0 Å². The highest BCUT2D eigenvalue weighted by molar-refractivity contribution is 5.76. The summed E-state index contributed by atoms with van der Waals surface area (Å²) in [6.07, 6.45) is 4.19. The lowest BCUT2D eigenvalue weighted by Gasteiger charge is -2.31. The van der Waals surface area contributed by atoms with E-state index in [9.17, 15) is 4.79 Å². The number of hydrogen-bond acceptors (Lipinski definition) is 2. The quantitative estimate of drug-likeness (QED) is 0.751. The fourth-order valence-corrected chi connectivity index (χ4v) is 2.09. The van der Waals surface area contributed by atoms with Gasteiger partial charge in [-0.1, -0.05) is 26.7 Å². The number of carbonyl (C=O) groups excluding carboxylic acids is 1. The van der Waals surface area contributed by atoms with Crippen LogP contribution in [-0.4, -0.2) is 37.0 Å². The number of rotatable bonds is 5. The van der Waals surface area contributed by atoms with Crippen LogP contribution in [0.15, 0.2) is 0 Å². The highest BCUT2D eigenvalue weighted by Crippen LogP contribution is 2.11. The summed E-state index contributed by atoms with van der Waals surface area (Å²) >= 11 is 0. The summed E-state index contributed by atoms with van der Waals surface area (Å²) in [5.74, 6) is 1.07. The van der Waals surface area contributed by atoms with Gasteiger partial charge in [0.25, 0.3) is 0 Å². The summed E-state index contributed by atoms with van der Waals surface area (Å²) < 4.78 is 0. The van der Waals surface area contributed by atoms with E-state index in [1.807, 2.05) is 11.9 Å². The Hall–Kier alpha value is -0.570. The number of likely N-dealkylation sites (tertiary alicyclic amines) is 1. The summed E-state index contributed by atoms with van der Waals surface area (Å²) in [7, 11) is 1.90. The van der Waals surface area contributed by atoms with Gasteiger partial charge in [0, 0.05) is 26.1 Å². The minimum absolute atomic E-state index is 0.288. The zero-order valence-corrected chi connectivity index (χ0v) is 10.3. The van der Waals surface area contributed by atoms with Gasteiger partial charge in [-0.15, -0.1) is 0 Å². The van der Waals surface area contributed by atoms with Crippen molar-refractivity contribution in [1.82, 2.24) is 10.2 Å². The topological polar surface area (TPSA) is 32.3 Å². The molecule has 1 N–H and O–H groups in total. The van der Waals surface area contributed by atoms with Gasteiger partial charge in [-0.3, -0.25) is 4.79 Å². The van der Waals surface area contributed by atoms with Crippen LogP contribution in [0, 0.1) is 5.92 Å². The predicted molar refractivity (Wildman–Crippen MR) is 62.7 cm³/mol. The van der Waals surface area contributed by atoms with Crippen LogP contribution in [0.25, 0.3) is 0 Å². The lowest BCUT2D eigenvalue weighted by molar-refractivity contribution is -0.132. The second kappa shape index (κ2) is 6.11. The normalized spacial score (nSPS) is 22.5. The van der Waals surface area contributed by atoms with Crippen molar-refractivity contribution in [3.63, 3.8) is 0 Å². The first-order valence-corrected chi connectivity index (χ1v) is 6.14. The van der Waals surface area contributed by atoms with Crippen LogP contribution in [0.4, 0.5) is 0 Å². The van der Waals surface area contributed by atoms with Crippen molar-refractivity contribution < 1.29 is 4.79 Å². The molecule has 0 saturated carbocycles. The third kappa shape index (κ3) is 3.82. The summed E-state index contributed by atoms with van der Waals surface area (Å²) in [6, 6.07) is 0.508. The van der Waals surface area contributed by atoms with E-state index >= 15 is 0 Å². The van der Waals surface area contributed by atoms with E-state index in [0.717, 1.165) is 25.4 Å². The molecular weight excluding hydrogens is 188 g/mol. The van der Waals surface area contributed by atoms with Gasteiger partial charge >= 0.3 is 0 Å². The van der Waals surface area contributed by atoms with Gasteiger partial charge in [0.05, 0.1) is 0 Å². The largest absolute Gasteiger partial charge is 0.344 e. The SMILES string of the molecule is CCC(CC)CNC1CCC(=O)N(C)C1. The molecule has 3 nitrogen and oxygen atoms in total. The number of piperidine rings is 1. The van der Waals surface area contributed by atoms with Crippen LogP contribution >= 0.6 is 0 Å². The smallest absolute Gasteiger partial charge is 0.222 e. The number of nitrogens with zero attached hydrogens (tertiary/aromatic N) is 1. The summed E-state index contributed by atoms with van der Waals surface area (Å²) in [5.41, 5.74) is 0. The third-order valence-electron chi connectivity index (χ3n) is 3.48. The lowest BCUT2D eigenvalue weighted by atomic mass is 10.0. The second-order valence-corrected chi connectivity index (χ2v) is 4.60. The van der Waals surface area contributed by atoms with Crippen molar-refractivity contribution in [3.8, 4) is 0 Å². The number of nitrogens with one attached hydrogen (secondary N) is 1. The molecular formula is C12H24N2O. The molecule has 0 aromatic carbocycles. The first kappa shape index (κ1) is 12.5. The molecule has 1 unspecified atom stereocenters. The maximum absolute atomic E-state index is 11.3. The number of carbonyl (C=O) groups is 1. The van der Waals surface area contributed by atoms with E-state index in [4.69, 9.17) is 0 Å². The van der Waals surface area contributed by atoms with Gasteiger partial charge in [0.1, 0.15) is 0 Å². The summed E-state index contributed by atoms with van der Waals surface area (Å²) in [6.45, 7) is 6.46. The Morgan fingerprint density at radius 2 is 2.13 bits per heavy atom. The molecule has 0 aromatic rings. The van der Waals surface area contributed by atoms with Gasteiger partial charge in [-0.2, -0.15) is 0 Å². The number of hydrogen-bond donors (Lipinski definition) is 1. The van der Waals surface area contributed by atoms with E-state index < -0.39 is 0 Å². The number of amides is 1. The average molecular weight is 212 g/mol. The summed E-state index contributed by atoms with van der Waals surface area (Å²) in [5, 5.41) is 3.58. The average Bonchev–Trinajstić information content (AvgIpc) is 2.24. The van der Waals surface area contributed by atoms with Crippen molar-refractivity contribution in [3.05, 3.63) is 0 Å². The Bertz CT molecular complexity index is 202. The Balaban J connectivity index is 2.25. The van der Waals surface area contributed by atoms with Crippen LogP contribution in [-0.2, 0) is 4.79 Å². The van der Waals surface area contributed by atoms with Crippen molar-refractivity contribution in [2.75, 3.05) is 20.1 Å². The molecule has 88 valence electrons. The third-order valence-corrected chi connectivity index (χ3v) is 3.48. The van der Waals surface area contributed by atoms with Crippen molar-refractivity contribution in [2.24, 2.45) is 5.92 Å². The molecule has 1 aliphatic heterocycles. The van der Waals surface area contributed by atoms with Crippen LogP contribution in [0.2, 0.25) is 0 Å². The first-order chi connectivity index (χ1) is 7.17. The Kier molecular flexibility index (Phi) is 5.09. The minimum Gasteiger partial charge on any atom is -0.344 e. The second-order valence-electron chi connectivity index (χ2n) is 4.60. The Morgan fingerprint density at radius 1 is 1.47 bits per heavy atom. The zero-order valence-electron chi connectivity index (χ0n) is 10.3. The highest BCUT2D eigenvalue weighted by atomic mass is 16.2. The zero-order chi connectivity index (χ0) is 11.3. The van der Waals surface area contributed by atoms with E-state index in [0.29, 0.717) is 12.5 Å². The maximum atomic E-state index is 11.3. The highest BCUT2D eigenvalue weighted by Gasteiger charge is 2.22. The molecule has 1 aliphatic rings. The number of likely N-dealkylation sites (N-methyl/N-ethyl adjacent to an activating group) is 1. The van der Waals surface area contributed by atoms with E-state index in [2.05, 4.69) is 19.2 Å². The fourth-order valence-electron chi connectivity index (χ4n) is 2.09. The van der Waals surface area contributed by atoms with Crippen molar-refractivity contribution in [2.45, 2.75) is 45.6 Å². The van der Waals surface area contributed by atoms with Crippen LogP contribution < -0.4 is 5.32 Å². The predicted octanol–water partition coefficient (Wildman–Crippen LogP) is 1.63. The molecule has 1 fully saturated rings. The standard InChI is InChI=1S/C12H24N2O/c1-4-10(5-2)8-13-11-6-7-12(15)14(3)9-11/h10-11,13H,4-9H2,1-3H3. The van der Waals surface area contributed by atoms with E-state index in [1.165, 1.54) is 12.8 Å². The molecule has 1 amide bonds. The molecule has 1 heterocycles. The van der Waals surface area contributed by atoms with Crippen molar-refractivity contribution >= 4 is 5.91 Å². The van der Waals surface area contributed by atoms with Crippen molar-refractivity contribution in [1.29, 1.82) is 0 Å². The molecule has 0 bridgehead atoms. The first-order valence-electron chi connectivity index (χ1n) is 6.14. The van der Waals surface area contributed by atoms with Gasteiger partial charge in [0.2, 0.25) is 5.91 Å². The van der Waals surface area contributed by atoms with Gasteiger partial charge in [-0.05, 0) is 18.9 Å². The monoisotopic (exact) mass is 212 g/mol. The lowest BCUT2D eigenvalue weighted by Crippen LogP contribution is -2.47. The molecule has 1 saturated heterocycles. The van der Waals surface area contributed by atoms with Crippen LogP contribution in [0.5, 0.6) is 0 Å². The molecule has 3 heteroatoms. The van der Waals surface area contributed by atoms with Gasteiger partial charge in [0.15, 0.2) is 0 Å². The molecule has 0 radical (unpaired) electrons. The van der Waals surface area contributed by atoms with E-state index in [-0.39, 0.29) is 5.91 Å². The molecule has 15 heavy (non-hydrogen) atoms. The molecule has 0 aliphatic carbocycles. The molecule has 1 atom stereocenters. The minimum atomic E-state index is 0.288. The Morgan fingerprint density at radius 3 is 2.67 bits per heavy atom. The molecule has 0 aromatic heterocycles. The maximum Gasteiger partial charge on any atom is 0.222 e. The van der Waals surface area contributed by atoms with Crippen LogP contribution in [0.1, 0.15) is 39.5 Å².